The molecule has 0 saturated heterocycles. The molecule has 0 saturated carbocycles. The highest BCUT2D eigenvalue weighted by atomic mass is 19.4. The molecule has 0 spiro atoms. The maximum atomic E-state index is 12.4. The quantitative estimate of drug-likeness (QED) is 0.554. The van der Waals surface area contributed by atoms with Crippen LogP contribution in [0.5, 0.6) is 0 Å². The molecule has 1 unspecified atom stereocenters. The molecule has 0 N–H and O–H groups in total. The number of rotatable bonds is 0. The van der Waals surface area contributed by atoms with Gasteiger partial charge in [0.05, 0.1) is 5.41 Å². The van der Waals surface area contributed by atoms with Crippen molar-refractivity contribution in [1.82, 2.24) is 0 Å². The van der Waals surface area contributed by atoms with Crippen molar-refractivity contribution in [3.05, 3.63) is 30.7 Å². The van der Waals surface area contributed by atoms with Gasteiger partial charge < -0.3 is 0 Å². The molecule has 0 aromatic carbocycles. The van der Waals surface area contributed by atoms with E-state index >= 15 is 0 Å². The predicted molar refractivity (Wildman–Crippen MR) is 41.7 cm³/mol. The fourth-order valence-electron chi connectivity index (χ4n) is 1.20. The second-order valence-electron chi connectivity index (χ2n) is 3.38. The summed E-state index contributed by atoms with van der Waals surface area (Å²) in [6.45, 7) is 2.81. The van der Waals surface area contributed by atoms with Crippen LogP contribution < -0.4 is 0 Å². The van der Waals surface area contributed by atoms with Gasteiger partial charge in [-0.3, -0.25) is 0 Å². The van der Waals surface area contributed by atoms with E-state index in [1.54, 1.807) is 0 Å². The van der Waals surface area contributed by atoms with Gasteiger partial charge in [-0.15, -0.1) is 0 Å². The molecule has 1 rings (SSSR count). The van der Waals surface area contributed by atoms with Gasteiger partial charge in [0.2, 0.25) is 0 Å². The summed E-state index contributed by atoms with van der Waals surface area (Å²) >= 11 is 0. The summed E-state index contributed by atoms with van der Waals surface area (Å²) in [5.74, 6) is 0. The van der Waals surface area contributed by atoms with Gasteiger partial charge in [-0.2, -0.15) is 26.3 Å². The third kappa shape index (κ3) is 2.35. The molecule has 0 aromatic heterocycles. The fourth-order valence-corrected chi connectivity index (χ4v) is 1.20. The van der Waals surface area contributed by atoms with Crippen molar-refractivity contribution >= 4 is 0 Å². The molecule has 0 bridgehead atoms. The van der Waals surface area contributed by atoms with Crippen LogP contribution in [0.15, 0.2) is 23.8 Å². The lowest BCUT2D eigenvalue weighted by Gasteiger charge is -2.32. The molecule has 1 atom stereocenters. The van der Waals surface area contributed by atoms with E-state index in [-0.39, 0.29) is 0 Å². The summed E-state index contributed by atoms with van der Waals surface area (Å²) < 4.78 is 73.7. The van der Waals surface area contributed by atoms with E-state index in [0.29, 0.717) is 12.2 Å². The van der Waals surface area contributed by atoms with E-state index in [2.05, 4.69) is 6.92 Å². The number of allylic oxidation sites excluding steroid dienone is 4. The van der Waals surface area contributed by atoms with Gasteiger partial charge in [0, 0.05) is 5.57 Å². The van der Waals surface area contributed by atoms with Crippen LogP contribution in [0.4, 0.5) is 26.3 Å². The van der Waals surface area contributed by atoms with Crippen molar-refractivity contribution < 1.29 is 26.3 Å². The van der Waals surface area contributed by atoms with Crippen LogP contribution in [0.25, 0.3) is 0 Å². The standard InChI is InChI=1S/C9H7F6/c1-7(9(13,14)15)4-2-3-6(5-7)8(10,11)12/h2-4H,1,5H2. The number of hydrogen-bond acceptors (Lipinski definition) is 0. The Balaban J connectivity index is 2.99. The van der Waals surface area contributed by atoms with E-state index in [1.807, 2.05) is 0 Å². The Hall–Kier alpha value is -0.940. The minimum absolute atomic E-state index is 0.634. The average molecular weight is 229 g/mol. The number of alkyl halides is 6. The molecule has 15 heavy (non-hydrogen) atoms. The van der Waals surface area contributed by atoms with Gasteiger partial charge >= 0.3 is 12.4 Å². The van der Waals surface area contributed by atoms with Crippen molar-refractivity contribution in [3.63, 3.8) is 0 Å². The van der Waals surface area contributed by atoms with E-state index < -0.39 is 29.8 Å². The van der Waals surface area contributed by atoms with Crippen molar-refractivity contribution in [3.8, 4) is 0 Å². The summed E-state index contributed by atoms with van der Waals surface area (Å²) in [5.41, 5.74) is -3.88. The highest BCUT2D eigenvalue weighted by molar-refractivity contribution is 5.29. The van der Waals surface area contributed by atoms with Gasteiger partial charge in [0.1, 0.15) is 0 Å². The summed E-state index contributed by atoms with van der Waals surface area (Å²) in [5, 5.41) is 0. The summed E-state index contributed by atoms with van der Waals surface area (Å²) in [4.78, 5) is 0. The van der Waals surface area contributed by atoms with Gasteiger partial charge in [0.25, 0.3) is 0 Å². The lowest BCUT2D eigenvalue weighted by Crippen LogP contribution is -2.37. The molecule has 0 aromatic rings. The van der Waals surface area contributed by atoms with Gasteiger partial charge in [0.15, 0.2) is 0 Å². The zero-order valence-corrected chi connectivity index (χ0v) is 7.41. The smallest absolute Gasteiger partial charge is 0.170 e. The molecular formula is C9H7F6. The Morgan fingerprint density at radius 2 is 1.67 bits per heavy atom. The van der Waals surface area contributed by atoms with Crippen molar-refractivity contribution in [2.75, 3.05) is 0 Å². The molecule has 0 heterocycles. The van der Waals surface area contributed by atoms with Crippen molar-refractivity contribution in [1.29, 1.82) is 0 Å². The van der Waals surface area contributed by atoms with Crippen LogP contribution in [-0.2, 0) is 0 Å². The molecule has 0 nitrogen and oxygen atoms in total. The summed E-state index contributed by atoms with van der Waals surface area (Å²) in [6.07, 6.45) is -8.67. The molecule has 0 amide bonds. The fraction of sp³-hybridized carbons (Fsp3) is 0.444. The number of halogens is 6. The third-order valence-corrected chi connectivity index (χ3v) is 2.15. The van der Waals surface area contributed by atoms with E-state index in [1.165, 1.54) is 0 Å². The van der Waals surface area contributed by atoms with Crippen LogP contribution in [0.1, 0.15) is 6.42 Å². The monoisotopic (exact) mass is 229 g/mol. The first-order chi connectivity index (χ1) is 6.56. The first-order valence-electron chi connectivity index (χ1n) is 3.94. The van der Waals surface area contributed by atoms with Gasteiger partial charge in [-0.05, 0) is 13.3 Å². The Morgan fingerprint density at radius 1 is 1.13 bits per heavy atom. The Labute approximate surface area is 82.3 Å². The Kier molecular flexibility index (Phi) is 2.65. The van der Waals surface area contributed by atoms with Crippen LogP contribution in [-0.4, -0.2) is 12.4 Å². The van der Waals surface area contributed by atoms with Crippen molar-refractivity contribution in [2.45, 2.75) is 18.8 Å². The largest absolute Gasteiger partial charge is 0.412 e. The minimum atomic E-state index is -4.78. The van der Waals surface area contributed by atoms with Gasteiger partial charge in [-0.1, -0.05) is 18.2 Å². The third-order valence-electron chi connectivity index (χ3n) is 2.15. The lowest BCUT2D eigenvalue weighted by molar-refractivity contribution is -0.194. The second-order valence-corrected chi connectivity index (χ2v) is 3.38. The highest BCUT2D eigenvalue weighted by Crippen LogP contribution is 2.48. The maximum absolute atomic E-state index is 12.4. The molecule has 1 aliphatic rings. The Bertz CT molecular complexity index is 306. The predicted octanol–water partition coefficient (Wildman–Crippen LogP) is 3.82. The first kappa shape index (κ1) is 12.1. The van der Waals surface area contributed by atoms with Crippen molar-refractivity contribution in [2.24, 2.45) is 5.41 Å². The van der Waals surface area contributed by atoms with Crippen LogP contribution in [0.2, 0.25) is 0 Å². The number of hydrogen-bond donors (Lipinski definition) is 0. The topological polar surface area (TPSA) is 0 Å². The zero-order valence-electron chi connectivity index (χ0n) is 7.41. The molecule has 0 fully saturated rings. The molecule has 1 radical (unpaired) electrons. The Morgan fingerprint density at radius 3 is 2.07 bits per heavy atom. The van der Waals surface area contributed by atoms with Crippen LogP contribution in [0, 0.1) is 12.3 Å². The minimum Gasteiger partial charge on any atom is -0.170 e. The normalized spacial score (nSPS) is 27.8. The zero-order chi connectivity index (χ0) is 11.9. The van der Waals surface area contributed by atoms with Gasteiger partial charge in [-0.25, -0.2) is 0 Å². The average Bonchev–Trinajstić information content (AvgIpc) is 2.00. The maximum Gasteiger partial charge on any atom is 0.412 e. The first-order valence-corrected chi connectivity index (χ1v) is 3.94. The molecular weight excluding hydrogens is 222 g/mol. The van der Waals surface area contributed by atoms with E-state index in [9.17, 15) is 26.3 Å². The summed E-state index contributed by atoms with van der Waals surface area (Å²) in [6, 6.07) is 0. The van der Waals surface area contributed by atoms with E-state index in [0.717, 1.165) is 6.08 Å². The highest BCUT2D eigenvalue weighted by Gasteiger charge is 2.53. The second kappa shape index (κ2) is 3.28. The molecule has 6 heteroatoms. The van der Waals surface area contributed by atoms with E-state index in [4.69, 9.17) is 0 Å². The van der Waals surface area contributed by atoms with Crippen LogP contribution >= 0.6 is 0 Å². The SMILES string of the molecule is [CH2]C1(C(F)(F)F)C=CC=C(C(F)(F)F)C1. The molecule has 0 aliphatic heterocycles. The lowest BCUT2D eigenvalue weighted by atomic mass is 9.79. The summed E-state index contributed by atoms with van der Waals surface area (Å²) in [7, 11) is 0. The molecule has 1 aliphatic carbocycles. The van der Waals surface area contributed by atoms with Crippen LogP contribution in [0.3, 0.4) is 0 Å². The molecule has 85 valence electrons.